The largest absolute Gasteiger partial charge is 0.379 e. The van der Waals surface area contributed by atoms with E-state index >= 15 is 0 Å². The first-order chi connectivity index (χ1) is 9.11. The molecule has 0 aliphatic carbocycles. The van der Waals surface area contributed by atoms with Gasteiger partial charge in [-0.15, -0.1) is 0 Å². The highest BCUT2D eigenvalue weighted by atomic mass is 79.9. The summed E-state index contributed by atoms with van der Waals surface area (Å²) < 4.78 is 13.6. The van der Waals surface area contributed by atoms with E-state index in [0.717, 1.165) is 5.56 Å². The summed E-state index contributed by atoms with van der Waals surface area (Å²) in [5.41, 5.74) is 1.68. The molecular weight excluding hydrogens is 333 g/mol. The summed E-state index contributed by atoms with van der Waals surface area (Å²) >= 11 is 9.20. The second kappa shape index (κ2) is 6.00. The normalized spacial score (nSPS) is 10.0. The molecule has 19 heavy (non-hydrogen) atoms. The van der Waals surface area contributed by atoms with Gasteiger partial charge in [0.1, 0.15) is 17.6 Å². The first-order valence-electron chi connectivity index (χ1n) is 5.34. The average Bonchev–Trinajstić information content (AvgIpc) is 2.38. The van der Waals surface area contributed by atoms with Crippen LogP contribution in [0, 0.1) is 17.1 Å². The molecule has 0 aliphatic rings. The number of nitriles is 1. The van der Waals surface area contributed by atoms with Crippen LogP contribution in [0.1, 0.15) is 11.3 Å². The van der Waals surface area contributed by atoms with Gasteiger partial charge in [-0.3, -0.25) is 0 Å². The number of benzene rings is 1. The van der Waals surface area contributed by atoms with E-state index in [1.54, 1.807) is 18.3 Å². The molecule has 2 rings (SSSR count). The quantitative estimate of drug-likeness (QED) is 0.914. The Morgan fingerprint density at radius 1 is 1.47 bits per heavy atom. The summed E-state index contributed by atoms with van der Waals surface area (Å²) in [5.74, 6) is -0.415. The van der Waals surface area contributed by atoms with Crippen molar-refractivity contribution in [2.24, 2.45) is 0 Å². The Labute approximate surface area is 123 Å². The maximum absolute atomic E-state index is 13.1. The minimum Gasteiger partial charge on any atom is -0.379 e. The third-order valence-electron chi connectivity index (χ3n) is 2.46. The fourth-order valence-electron chi connectivity index (χ4n) is 1.58. The van der Waals surface area contributed by atoms with Gasteiger partial charge < -0.3 is 5.32 Å². The Balaban J connectivity index is 2.22. The molecule has 0 saturated carbocycles. The van der Waals surface area contributed by atoms with Crippen LogP contribution in [0.15, 0.2) is 34.9 Å². The predicted molar refractivity (Wildman–Crippen MR) is 75.4 cm³/mol. The van der Waals surface area contributed by atoms with Crippen LogP contribution >= 0.6 is 27.5 Å². The number of halogens is 3. The van der Waals surface area contributed by atoms with Crippen molar-refractivity contribution in [3.8, 4) is 6.07 Å². The van der Waals surface area contributed by atoms with E-state index in [-0.39, 0.29) is 5.02 Å². The molecule has 0 spiro atoms. The van der Waals surface area contributed by atoms with Crippen LogP contribution in [0.5, 0.6) is 0 Å². The highest BCUT2D eigenvalue weighted by molar-refractivity contribution is 9.10. The molecule has 0 fully saturated rings. The molecule has 3 nitrogen and oxygen atoms in total. The minimum absolute atomic E-state index is 0.272. The number of pyridine rings is 1. The third-order valence-corrected chi connectivity index (χ3v) is 3.38. The van der Waals surface area contributed by atoms with Crippen LogP contribution in [-0.4, -0.2) is 4.98 Å². The van der Waals surface area contributed by atoms with E-state index in [1.807, 2.05) is 6.07 Å². The molecular formula is C13H8BrClFN3. The van der Waals surface area contributed by atoms with E-state index in [2.05, 4.69) is 26.2 Å². The summed E-state index contributed by atoms with van der Waals surface area (Å²) in [5, 5.41) is 12.3. The van der Waals surface area contributed by atoms with Crippen molar-refractivity contribution >= 4 is 33.2 Å². The fourth-order valence-corrected chi connectivity index (χ4v) is 2.54. The topological polar surface area (TPSA) is 48.7 Å². The van der Waals surface area contributed by atoms with Crippen molar-refractivity contribution in [1.29, 1.82) is 5.26 Å². The molecule has 1 heterocycles. The van der Waals surface area contributed by atoms with Gasteiger partial charge in [-0.25, -0.2) is 9.37 Å². The van der Waals surface area contributed by atoms with E-state index in [4.69, 9.17) is 16.9 Å². The first kappa shape index (κ1) is 13.8. The lowest BCUT2D eigenvalue weighted by atomic mass is 10.2. The Bertz CT molecular complexity index is 632. The van der Waals surface area contributed by atoms with Gasteiger partial charge in [-0.2, -0.15) is 5.26 Å². The van der Waals surface area contributed by atoms with Crippen molar-refractivity contribution in [3.63, 3.8) is 0 Å². The van der Waals surface area contributed by atoms with Gasteiger partial charge in [0.05, 0.1) is 10.7 Å². The Morgan fingerprint density at radius 3 is 2.95 bits per heavy atom. The third kappa shape index (κ3) is 3.22. The van der Waals surface area contributed by atoms with Crippen molar-refractivity contribution < 1.29 is 4.39 Å². The highest BCUT2D eigenvalue weighted by Crippen LogP contribution is 2.32. The van der Waals surface area contributed by atoms with Crippen molar-refractivity contribution in [3.05, 3.63) is 57.0 Å². The lowest BCUT2D eigenvalue weighted by Gasteiger charge is -2.11. The Morgan fingerprint density at radius 2 is 2.26 bits per heavy atom. The molecule has 0 amide bonds. The van der Waals surface area contributed by atoms with Crippen molar-refractivity contribution in [2.75, 3.05) is 5.32 Å². The molecule has 0 unspecified atom stereocenters. The van der Waals surface area contributed by atoms with Gasteiger partial charge in [0.25, 0.3) is 0 Å². The minimum atomic E-state index is -0.415. The van der Waals surface area contributed by atoms with E-state index in [1.165, 1.54) is 12.1 Å². The lowest BCUT2D eigenvalue weighted by molar-refractivity contribution is 0.627. The summed E-state index contributed by atoms with van der Waals surface area (Å²) in [4.78, 5) is 3.96. The average molecular weight is 341 g/mol. The van der Waals surface area contributed by atoms with Crippen LogP contribution in [0.2, 0.25) is 5.02 Å². The standard InChI is InChI=1S/C13H8BrClFN3/c14-10-4-9(16)5-11(15)13(10)19-7-8-2-1-3-18-12(8)6-17/h1-5,19H,7H2. The zero-order chi connectivity index (χ0) is 13.8. The van der Waals surface area contributed by atoms with Crippen molar-refractivity contribution in [1.82, 2.24) is 4.98 Å². The molecule has 6 heteroatoms. The summed E-state index contributed by atoms with van der Waals surface area (Å²) in [6.07, 6.45) is 1.56. The number of nitrogens with zero attached hydrogens (tertiary/aromatic N) is 2. The maximum atomic E-state index is 13.1. The number of hydrogen-bond donors (Lipinski definition) is 1. The zero-order valence-corrected chi connectivity index (χ0v) is 12.0. The Hall–Kier alpha value is -1.64. The number of rotatable bonds is 3. The SMILES string of the molecule is N#Cc1ncccc1CNc1c(Cl)cc(F)cc1Br. The molecule has 1 aromatic heterocycles. The maximum Gasteiger partial charge on any atom is 0.145 e. The Kier molecular flexibility index (Phi) is 4.35. The summed E-state index contributed by atoms with van der Waals surface area (Å²) in [7, 11) is 0. The molecule has 0 aliphatic heterocycles. The van der Waals surface area contributed by atoms with E-state index in [9.17, 15) is 4.39 Å². The van der Waals surface area contributed by atoms with Crippen LogP contribution in [0.3, 0.4) is 0 Å². The van der Waals surface area contributed by atoms with Crippen LogP contribution < -0.4 is 5.32 Å². The molecule has 0 atom stereocenters. The molecule has 2 aromatic rings. The summed E-state index contributed by atoms with van der Waals surface area (Å²) in [6.45, 7) is 0.376. The van der Waals surface area contributed by atoms with Crippen LogP contribution in [0.4, 0.5) is 10.1 Å². The molecule has 1 N–H and O–H groups in total. The number of nitrogens with one attached hydrogen (secondary N) is 1. The molecule has 0 radical (unpaired) electrons. The van der Waals surface area contributed by atoms with Gasteiger partial charge in [0, 0.05) is 22.8 Å². The van der Waals surface area contributed by atoms with Crippen molar-refractivity contribution in [2.45, 2.75) is 6.54 Å². The smallest absolute Gasteiger partial charge is 0.145 e. The van der Waals surface area contributed by atoms with Gasteiger partial charge in [0.2, 0.25) is 0 Å². The second-order valence-corrected chi connectivity index (χ2v) is 4.98. The van der Waals surface area contributed by atoms with E-state index < -0.39 is 5.82 Å². The van der Waals surface area contributed by atoms with Gasteiger partial charge >= 0.3 is 0 Å². The second-order valence-electron chi connectivity index (χ2n) is 3.72. The lowest BCUT2D eigenvalue weighted by Crippen LogP contribution is -2.04. The number of anilines is 1. The number of hydrogen-bond acceptors (Lipinski definition) is 3. The molecule has 0 saturated heterocycles. The number of aromatic nitrogens is 1. The van der Waals surface area contributed by atoms with Gasteiger partial charge in [-0.1, -0.05) is 17.7 Å². The molecule has 1 aromatic carbocycles. The summed E-state index contributed by atoms with van der Waals surface area (Å²) in [6, 6.07) is 8.11. The van der Waals surface area contributed by atoms with Gasteiger partial charge in [0.15, 0.2) is 0 Å². The first-order valence-corrected chi connectivity index (χ1v) is 6.51. The van der Waals surface area contributed by atoms with E-state index in [0.29, 0.717) is 22.4 Å². The zero-order valence-electron chi connectivity index (χ0n) is 9.62. The van der Waals surface area contributed by atoms with Gasteiger partial charge in [-0.05, 0) is 34.1 Å². The van der Waals surface area contributed by atoms with Crippen LogP contribution in [-0.2, 0) is 6.54 Å². The predicted octanol–water partition coefficient (Wildman–Crippen LogP) is 4.12. The molecule has 0 bridgehead atoms. The molecule has 96 valence electrons. The highest BCUT2D eigenvalue weighted by Gasteiger charge is 2.09. The fraction of sp³-hybridized carbons (Fsp3) is 0.0769. The monoisotopic (exact) mass is 339 g/mol. The van der Waals surface area contributed by atoms with Crippen LogP contribution in [0.25, 0.3) is 0 Å².